The molecule has 0 saturated heterocycles. The van der Waals surface area contributed by atoms with Gasteiger partial charge in [0.15, 0.2) is 0 Å². The molecule has 0 rings (SSSR count). The summed E-state index contributed by atoms with van der Waals surface area (Å²) in [6.45, 7) is 1.42. The van der Waals surface area contributed by atoms with Gasteiger partial charge < -0.3 is 19.3 Å². The van der Waals surface area contributed by atoms with Gasteiger partial charge in [-0.05, 0) is 6.42 Å². The number of carbonyl (C=O) groups is 1. The fraction of sp³-hybridized carbons (Fsp3) is 0.875. The minimum absolute atomic E-state index is 0.0880. The van der Waals surface area contributed by atoms with Crippen molar-refractivity contribution in [2.75, 3.05) is 20.3 Å². The molecule has 0 unspecified atom stereocenters. The van der Waals surface area contributed by atoms with Crippen LogP contribution in [0.25, 0.3) is 0 Å². The van der Waals surface area contributed by atoms with E-state index in [1.54, 1.807) is 0 Å². The fourth-order valence-electron chi connectivity index (χ4n) is 0.827. The zero-order valence-corrected chi connectivity index (χ0v) is 10.2. The lowest BCUT2D eigenvalue weighted by molar-refractivity contribution is -0.148. The molecule has 2 N–H and O–H groups in total. The molecule has 0 aromatic rings. The third-order valence-electron chi connectivity index (χ3n) is 1.65. The van der Waals surface area contributed by atoms with Crippen LogP contribution < -0.4 is 0 Å². The van der Waals surface area contributed by atoms with E-state index >= 15 is 0 Å². The summed E-state index contributed by atoms with van der Waals surface area (Å²) >= 11 is 0. The fourth-order valence-corrected chi connectivity index (χ4v) is 1.19. The molecule has 0 aliphatic rings. The Hall–Kier alpha value is -0.460. The second-order valence-corrected chi connectivity index (χ2v) is 4.32. The van der Waals surface area contributed by atoms with Crippen LogP contribution in [0, 0.1) is 0 Å². The first-order chi connectivity index (χ1) is 7.39. The molecule has 1 atom stereocenters. The Labute approximate surface area is 93.9 Å². The number of hydrogen-bond acceptors (Lipinski definition) is 5. The van der Waals surface area contributed by atoms with Crippen molar-refractivity contribution in [3.8, 4) is 0 Å². The van der Waals surface area contributed by atoms with Crippen LogP contribution in [0.2, 0.25) is 0 Å². The highest BCUT2D eigenvalue weighted by Gasteiger charge is 2.19. The molecule has 7 nitrogen and oxygen atoms in total. The van der Waals surface area contributed by atoms with Crippen molar-refractivity contribution in [1.82, 2.24) is 0 Å². The van der Waals surface area contributed by atoms with E-state index in [0.29, 0.717) is 12.8 Å². The maximum atomic E-state index is 11.0. The lowest BCUT2D eigenvalue weighted by atomic mass is 10.3. The third-order valence-corrected chi connectivity index (χ3v) is 2.13. The number of rotatable bonds is 8. The van der Waals surface area contributed by atoms with Crippen LogP contribution in [0.3, 0.4) is 0 Å². The number of esters is 1. The minimum Gasteiger partial charge on any atom is -0.463 e. The van der Waals surface area contributed by atoms with Gasteiger partial charge in [-0.1, -0.05) is 6.92 Å². The van der Waals surface area contributed by atoms with Crippen LogP contribution in [-0.2, 0) is 23.4 Å². The average molecular weight is 256 g/mol. The van der Waals surface area contributed by atoms with E-state index < -0.39 is 13.9 Å². The molecule has 96 valence electrons. The van der Waals surface area contributed by atoms with E-state index in [0.717, 1.165) is 0 Å². The van der Waals surface area contributed by atoms with Crippen LogP contribution in [0.1, 0.15) is 19.8 Å². The number of hydrogen-bond donors (Lipinski definition) is 2. The first-order valence-electron chi connectivity index (χ1n) is 4.77. The molecule has 0 bridgehead atoms. The summed E-state index contributed by atoms with van der Waals surface area (Å²) in [7, 11) is -3.18. The minimum atomic E-state index is -4.51. The monoisotopic (exact) mass is 256 g/mol. The van der Waals surface area contributed by atoms with Gasteiger partial charge in [-0.15, -0.1) is 0 Å². The molecule has 0 aromatic carbocycles. The highest BCUT2D eigenvalue weighted by Crippen LogP contribution is 2.35. The first kappa shape index (κ1) is 15.5. The van der Waals surface area contributed by atoms with Gasteiger partial charge in [-0.25, -0.2) is 4.57 Å². The quantitative estimate of drug-likeness (QED) is 0.480. The van der Waals surface area contributed by atoms with Gasteiger partial charge >= 0.3 is 13.8 Å². The SMILES string of the molecule is CCCC(=O)OC[C@@H](COP(=O)(O)O)OC. The summed E-state index contributed by atoms with van der Waals surface area (Å²) in [6.07, 6.45) is 0.291. The Bertz CT molecular complexity index is 249. The van der Waals surface area contributed by atoms with Crippen LogP contribution in [0.4, 0.5) is 0 Å². The van der Waals surface area contributed by atoms with Gasteiger partial charge in [0, 0.05) is 13.5 Å². The number of carbonyl (C=O) groups excluding carboxylic acids is 1. The predicted molar refractivity (Wildman–Crippen MR) is 54.7 cm³/mol. The van der Waals surface area contributed by atoms with E-state index in [9.17, 15) is 9.36 Å². The zero-order valence-electron chi connectivity index (χ0n) is 9.29. The largest absolute Gasteiger partial charge is 0.469 e. The van der Waals surface area contributed by atoms with Crippen molar-refractivity contribution in [3.05, 3.63) is 0 Å². The van der Waals surface area contributed by atoms with Crippen LogP contribution in [-0.4, -0.2) is 42.2 Å². The molecular weight excluding hydrogens is 239 g/mol. The van der Waals surface area contributed by atoms with E-state index in [1.807, 2.05) is 6.92 Å². The topological polar surface area (TPSA) is 102 Å². The first-order valence-corrected chi connectivity index (χ1v) is 6.30. The standard InChI is InChI=1S/C8H17O7P/c1-3-4-8(9)14-5-7(13-2)6-15-16(10,11)12/h7H,3-6H2,1-2H3,(H2,10,11,12)/t7-/m0/s1. The van der Waals surface area contributed by atoms with Gasteiger partial charge in [-0.2, -0.15) is 0 Å². The summed E-state index contributed by atoms with van der Waals surface area (Å²) in [6, 6.07) is 0. The average Bonchev–Trinajstić information content (AvgIpc) is 2.17. The number of methoxy groups -OCH3 is 1. The van der Waals surface area contributed by atoms with Crippen molar-refractivity contribution in [1.29, 1.82) is 0 Å². The molecule has 0 amide bonds. The Morgan fingerprint density at radius 3 is 2.44 bits per heavy atom. The van der Waals surface area contributed by atoms with Crippen molar-refractivity contribution in [2.45, 2.75) is 25.9 Å². The zero-order chi connectivity index (χ0) is 12.6. The third kappa shape index (κ3) is 8.82. The summed E-state index contributed by atoms with van der Waals surface area (Å²) in [5.41, 5.74) is 0. The second kappa shape index (κ2) is 7.76. The Morgan fingerprint density at radius 2 is 2.00 bits per heavy atom. The highest BCUT2D eigenvalue weighted by atomic mass is 31.2. The van der Waals surface area contributed by atoms with Gasteiger partial charge in [0.25, 0.3) is 0 Å². The van der Waals surface area contributed by atoms with Gasteiger partial charge in [0.1, 0.15) is 12.7 Å². The number of phosphoric acid groups is 1. The molecule has 8 heteroatoms. The van der Waals surface area contributed by atoms with E-state index in [2.05, 4.69) is 4.52 Å². The molecule has 0 fully saturated rings. The predicted octanol–water partition coefficient (Wildman–Crippen LogP) is 0.454. The molecule has 0 saturated carbocycles. The van der Waals surface area contributed by atoms with Gasteiger partial charge in [0.05, 0.1) is 6.61 Å². The second-order valence-electron chi connectivity index (χ2n) is 3.08. The molecule has 0 radical (unpaired) electrons. The number of phosphoric ester groups is 1. The van der Waals surface area contributed by atoms with Crippen molar-refractivity contribution in [2.24, 2.45) is 0 Å². The molecular formula is C8H17O7P. The summed E-state index contributed by atoms with van der Waals surface area (Å²) < 4.78 is 24.3. The summed E-state index contributed by atoms with van der Waals surface area (Å²) in [5.74, 6) is -0.374. The molecule has 0 aromatic heterocycles. The Balaban J connectivity index is 3.83. The van der Waals surface area contributed by atoms with Crippen LogP contribution in [0.5, 0.6) is 0 Å². The van der Waals surface area contributed by atoms with E-state index in [-0.39, 0.29) is 19.2 Å². The molecule has 0 aliphatic carbocycles. The van der Waals surface area contributed by atoms with Gasteiger partial charge in [-0.3, -0.25) is 9.32 Å². The maximum absolute atomic E-state index is 11.0. The van der Waals surface area contributed by atoms with E-state index in [4.69, 9.17) is 19.3 Å². The lowest BCUT2D eigenvalue weighted by Gasteiger charge is -2.15. The summed E-state index contributed by atoms with van der Waals surface area (Å²) in [4.78, 5) is 27.9. The maximum Gasteiger partial charge on any atom is 0.469 e. The lowest BCUT2D eigenvalue weighted by Crippen LogP contribution is -2.25. The van der Waals surface area contributed by atoms with Crippen molar-refractivity contribution < 1.29 is 33.1 Å². The molecule has 16 heavy (non-hydrogen) atoms. The Kier molecular flexibility index (Phi) is 7.53. The smallest absolute Gasteiger partial charge is 0.463 e. The normalized spacial score (nSPS) is 13.5. The Morgan fingerprint density at radius 1 is 1.38 bits per heavy atom. The van der Waals surface area contributed by atoms with Crippen molar-refractivity contribution >= 4 is 13.8 Å². The highest BCUT2D eigenvalue weighted by molar-refractivity contribution is 7.46. The number of ether oxygens (including phenoxy) is 2. The van der Waals surface area contributed by atoms with Crippen LogP contribution >= 0.6 is 7.82 Å². The van der Waals surface area contributed by atoms with Gasteiger partial charge in [0.2, 0.25) is 0 Å². The molecule has 0 heterocycles. The summed E-state index contributed by atoms with van der Waals surface area (Å²) in [5, 5.41) is 0. The van der Waals surface area contributed by atoms with E-state index in [1.165, 1.54) is 7.11 Å². The van der Waals surface area contributed by atoms with Crippen LogP contribution in [0.15, 0.2) is 0 Å². The van der Waals surface area contributed by atoms with Crippen molar-refractivity contribution in [3.63, 3.8) is 0 Å². The molecule has 0 aliphatic heterocycles. The molecule has 0 spiro atoms.